The number of hydrogen-bond donors (Lipinski definition) is 0. The molecule has 0 aliphatic heterocycles. The molecule has 1 heterocycles. The van der Waals surface area contributed by atoms with Crippen LogP contribution in [0.5, 0.6) is 0 Å². The summed E-state index contributed by atoms with van der Waals surface area (Å²) in [5, 5.41) is 0. The Balaban J connectivity index is 2.12. The smallest absolute Gasteiger partial charge is 0.227 e. The lowest BCUT2D eigenvalue weighted by Gasteiger charge is -2.27. The topological polar surface area (TPSA) is 44.1 Å². The standard InChI is InChI=1S/C13H20N2O2/c1-15-9-8-14-13(15)11(16)12(17-2)10-6-4-3-5-7-10/h8-10,12H,3-7H2,1-2H3. The molecule has 17 heavy (non-hydrogen) atoms. The Morgan fingerprint density at radius 1 is 1.47 bits per heavy atom. The average molecular weight is 236 g/mol. The third-order valence-electron chi connectivity index (χ3n) is 3.63. The first-order valence-corrected chi connectivity index (χ1v) is 6.28. The molecule has 1 saturated carbocycles. The van der Waals surface area contributed by atoms with Gasteiger partial charge in [-0.1, -0.05) is 19.3 Å². The zero-order valence-corrected chi connectivity index (χ0v) is 10.6. The number of aryl methyl sites for hydroxylation is 1. The van der Waals surface area contributed by atoms with Gasteiger partial charge in [0.1, 0.15) is 6.10 Å². The van der Waals surface area contributed by atoms with Crippen molar-refractivity contribution in [3.8, 4) is 0 Å². The normalized spacial score (nSPS) is 19.2. The number of ketones is 1. The Hall–Kier alpha value is -1.16. The van der Waals surface area contributed by atoms with Crippen LogP contribution in [0.15, 0.2) is 12.4 Å². The summed E-state index contributed by atoms with van der Waals surface area (Å²) in [5.41, 5.74) is 0. The summed E-state index contributed by atoms with van der Waals surface area (Å²) in [6, 6.07) is 0. The Kier molecular flexibility index (Phi) is 3.94. The fraction of sp³-hybridized carbons (Fsp3) is 0.692. The summed E-state index contributed by atoms with van der Waals surface area (Å²) in [4.78, 5) is 16.5. The van der Waals surface area contributed by atoms with E-state index in [1.807, 2.05) is 7.05 Å². The number of carbonyl (C=O) groups is 1. The number of hydrogen-bond acceptors (Lipinski definition) is 3. The quantitative estimate of drug-likeness (QED) is 0.753. The molecule has 1 aromatic rings. The van der Waals surface area contributed by atoms with Crippen LogP contribution in [0.4, 0.5) is 0 Å². The summed E-state index contributed by atoms with van der Waals surface area (Å²) in [5.74, 6) is 0.882. The van der Waals surface area contributed by atoms with Gasteiger partial charge in [0.15, 0.2) is 5.82 Å². The van der Waals surface area contributed by atoms with E-state index in [0.717, 1.165) is 12.8 Å². The zero-order valence-electron chi connectivity index (χ0n) is 10.6. The van der Waals surface area contributed by atoms with Crippen LogP contribution in [0.1, 0.15) is 42.7 Å². The molecule has 1 fully saturated rings. The van der Waals surface area contributed by atoms with Gasteiger partial charge in [-0.15, -0.1) is 0 Å². The van der Waals surface area contributed by atoms with Crippen molar-refractivity contribution in [2.24, 2.45) is 13.0 Å². The largest absolute Gasteiger partial charge is 0.373 e. The second kappa shape index (κ2) is 5.45. The molecule has 0 radical (unpaired) electrons. The number of imidazole rings is 1. The zero-order chi connectivity index (χ0) is 12.3. The maximum atomic E-state index is 12.3. The van der Waals surface area contributed by atoms with Crippen LogP contribution in [-0.2, 0) is 11.8 Å². The monoisotopic (exact) mass is 236 g/mol. The van der Waals surface area contributed by atoms with E-state index in [2.05, 4.69) is 4.98 Å². The van der Waals surface area contributed by atoms with Gasteiger partial charge >= 0.3 is 0 Å². The molecular weight excluding hydrogens is 216 g/mol. The van der Waals surface area contributed by atoms with Crippen LogP contribution in [0.3, 0.4) is 0 Å². The molecule has 1 aliphatic carbocycles. The molecule has 4 nitrogen and oxygen atoms in total. The highest BCUT2D eigenvalue weighted by Gasteiger charge is 2.31. The molecule has 94 valence electrons. The second-order valence-electron chi connectivity index (χ2n) is 4.78. The number of aromatic nitrogens is 2. The molecule has 4 heteroatoms. The highest BCUT2D eigenvalue weighted by molar-refractivity contribution is 5.96. The van der Waals surface area contributed by atoms with Crippen LogP contribution in [-0.4, -0.2) is 28.5 Å². The van der Waals surface area contributed by atoms with Crippen molar-refractivity contribution < 1.29 is 9.53 Å². The SMILES string of the molecule is COC(C(=O)c1nccn1C)C1CCCCC1. The predicted octanol–water partition coefficient (Wildman–Crippen LogP) is 2.20. The summed E-state index contributed by atoms with van der Waals surface area (Å²) < 4.78 is 7.19. The van der Waals surface area contributed by atoms with Crippen molar-refractivity contribution >= 4 is 5.78 Å². The fourth-order valence-corrected chi connectivity index (χ4v) is 2.68. The van der Waals surface area contributed by atoms with Crippen LogP contribution in [0, 0.1) is 5.92 Å². The molecule has 0 spiro atoms. The predicted molar refractivity (Wildman–Crippen MR) is 64.9 cm³/mol. The molecule has 0 amide bonds. The molecule has 0 aromatic carbocycles. The van der Waals surface area contributed by atoms with Crippen LogP contribution in [0.25, 0.3) is 0 Å². The first-order chi connectivity index (χ1) is 8.24. The first-order valence-electron chi connectivity index (χ1n) is 6.28. The molecule has 2 rings (SSSR count). The molecule has 0 saturated heterocycles. The van der Waals surface area contributed by atoms with E-state index >= 15 is 0 Å². The van der Waals surface area contributed by atoms with Crippen molar-refractivity contribution in [1.82, 2.24) is 9.55 Å². The third-order valence-corrected chi connectivity index (χ3v) is 3.63. The van der Waals surface area contributed by atoms with Crippen LogP contribution in [0.2, 0.25) is 0 Å². The highest BCUT2D eigenvalue weighted by Crippen LogP contribution is 2.29. The number of nitrogens with zero attached hydrogens (tertiary/aromatic N) is 2. The summed E-state index contributed by atoms with van der Waals surface area (Å²) >= 11 is 0. The van der Waals surface area contributed by atoms with E-state index in [1.54, 1.807) is 24.1 Å². The lowest BCUT2D eigenvalue weighted by molar-refractivity contribution is 0.0302. The first kappa shape index (κ1) is 12.3. The van der Waals surface area contributed by atoms with Crippen LogP contribution >= 0.6 is 0 Å². The number of carbonyl (C=O) groups excluding carboxylic acids is 1. The van der Waals surface area contributed by atoms with Gasteiger partial charge in [-0.05, 0) is 18.8 Å². The minimum Gasteiger partial charge on any atom is -0.373 e. The molecule has 1 aromatic heterocycles. The van der Waals surface area contributed by atoms with Gasteiger partial charge in [0.05, 0.1) is 0 Å². The lowest BCUT2D eigenvalue weighted by atomic mass is 9.83. The van der Waals surface area contributed by atoms with Gasteiger partial charge in [-0.3, -0.25) is 4.79 Å². The van der Waals surface area contributed by atoms with E-state index in [4.69, 9.17) is 4.74 Å². The number of ether oxygens (including phenoxy) is 1. The second-order valence-corrected chi connectivity index (χ2v) is 4.78. The molecule has 1 atom stereocenters. The van der Waals surface area contributed by atoms with Gasteiger partial charge in [0, 0.05) is 26.6 Å². The van der Waals surface area contributed by atoms with E-state index in [-0.39, 0.29) is 11.9 Å². The average Bonchev–Trinajstić information content (AvgIpc) is 2.77. The Labute approximate surface area is 102 Å². The fourth-order valence-electron chi connectivity index (χ4n) is 2.68. The van der Waals surface area contributed by atoms with Gasteiger partial charge in [-0.2, -0.15) is 0 Å². The summed E-state index contributed by atoms with van der Waals surface area (Å²) in [7, 11) is 3.47. The van der Waals surface area contributed by atoms with E-state index in [9.17, 15) is 4.79 Å². The number of methoxy groups -OCH3 is 1. The van der Waals surface area contributed by atoms with E-state index in [1.165, 1.54) is 19.3 Å². The lowest BCUT2D eigenvalue weighted by Crippen LogP contribution is -2.34. The Bertz CT molecular complexity index is 381. The van der Waals surface area contributed by atoms with Gasteiger partial charge in [-0.25, -0.2) is 4.98 Å². The van der Waals surface area contributed by atoms with E-state index < -0.39 is 0 Å². The number of rotatable bonds is 4. The van der Waals surface area contributed by atoms with Gasteiger partial charge < -0.3 is 9.30 Å². The molecule has 0 N–H and O–H groups in total. The van der Waals surface area contributed by atoms with Crippen molar-refractivity contribution in [2.45, 2.75) is 38.2 Å². The highest BCUT2D eigenvalue weighted by atomic mass is 16.5. The Morgan fingerprint density at radius 3 is 2.71 bits per heavy atom. The van der Waals surface area contributed by atoms with Crippen molar-refractivity contribution in [3.63, 3.8) is 0 Å². The summed E-state index contributed by atoms with van der Waals surface area (Å²) in [6.07, 6.45) is 9.00. The van der Waals surface area contributed by atoms with Crippen molar-refractivity contribution in [3.05, 3.63) is 18.2 Å². The minimum absolute atomic E-state index is 0.0203. The number of Topliss-reactive ketones (excluding diaryl/α,β-unsaturated/α-hetero) is 1. The van der Waals surface area contributed by atoms with E-state index in [0.29, 0.717) is 11.7 Å². The van der Waals surface area contributed by atoms with Gasteiger partial charge in [0.2, 0.25) is 5.78 Å². The molecule has 1 unspecified atom stereocenters. The maximum Gasteiger partial charge on any atom is 0.227 e. The maximum absolute atomic E-state index is 12.3. The van der Waals surface area contributed by atoms with Crippen molar-refractivity contribution in [1.29, 1.82) is 0 Å². The molecule has 0 bridgehead atoms. The Morgan fingerprint density at radius 2 is 2.18 bits per heavy atom. The minimum atomic E-state index is -0.323. The van der Waals surface area contributed by atoms with Gasteiger partial charge in [0.25, 0.3) is 0 Å². The third kappa shape index (κ3) is 2.57. The van der Waals surface area contributed by atoms with Crippen LogP contribution < -0.4 is 0 Å². The molecular formula is C13H20N2O2. The van der Waals surface area contributed by atoms with Crippen molar-refractivity contribution in [2.75, 3.05) is 7.11 Å². The summed E-state index contributed by atoms with van der Waals surface area (Å²) in [6.45, 7) is 0. The molecule has 1 aliphatic rings.